The lowest BCUT2D eigenvalue weighted by Gasteiger charge is -2.18. The van der Waals surface area contributed by atoms with Gasteiger partial charge in [-0.3, -0.25) is 4.79 Å². The van der Waals surface area contributed by atoms with E-state index in [1.807, 2.05) is 13.8 Å². The summed E-state index contributed by atoms with van der Waals surface area (Å²) >= 11 is 5.93. The summed E-state index contributed by atoms with van der Waals surface area (Å²) in [6.45, 7) is 5.97. The van der Waals surface area contributed by atoms with E-state index in [1.54, 1.807) is 44.3 Å². The minimum atomic E-state index is -3.54. The van der Waals surface area contributed by atoms with E-state index in [4.69, 9.17) is 16.3 Å². The lowest BCUT2D eigenvalue weighted by Crippen LogP contribution is -2.30. The normalized spacial score (nSPS) is 12.6. The van der Waals surface area contributed by atoms with Crippen LogP contribution in [0.1, 0.15) is 32.3 Å². The molecule has 1 atom stereocenters. The first-order valence-electron chi connectivity index (χ1n) is 9.45. The van der Waals surface area contributed by atoms with Crippen molar-refractivity contribution in [1.82, 2.24) is 4.31 Å². The molecule has 0 aliphatic carbocycles. The average Bonchev–Trinajstić information content (AvgIpc) is 2.68. The zero-order valence-corrected chi connectivity index (χ0v) is 18.7. The fourth-order valence-electron chi connectivity index (χ4n) is 2.62. The molecule has 8 heteroatoms. The van der Waals surface area contributed by atoms with E-state index in [1.165, 1.54) is 16.4 Å². The van der Waals surface area contributed by atoms with Gasteiger partial charge >= 0.3 is 0 Å². The van der Waals surface area contributed by atoms with Crippen molar-refractivity contribution in [3.8, 4) is 5.75 Å². The van der Waals surface area contributed by atoms with Gasteiger partial charge in [-0.15, -0.1) is 0 Å². The van der Waals surface area contributed by atoms with Gasteiger partial charge in [-0.25, -0.2) is 12.7 Å². The lowest BCUT2D eigenvalue weighted by molar-refractivity contribution is -0.122. The Morgan fingerprint density at radius 1 is 1.21 bits per heavy atom. The number of amides is 1. The minimum Gasteiger partial charge on any atom is -0.481 e. The van der Waals surface area contributed by atoms with Crippen molar-refractivity contribution in [2.24, 2.45) is 0 Å². The molecule has 0 bridgehead atoms. The number of rotatable bonds is 9. The molecule has 0 aliphatic rings. The number of anilines is 1. The van der Waals surface area contributed by atoms with Crippen LogP contribution in [-0.4, -0.2) is 38.3 Å². The zero-order chi connectivity index (χ0) is 21.6. The van der Waals surface area contributed by atoms with Crippen molar-refractivity contribution in [1.29, 1.82) is 0 Å². The summed E-state index contributed by atoms with van der Waals surface area (Å²) in [5.41, 5.74) is 1.33. The first-order valence-corrected chi connectivity index (χ1v) is 11.3. The molecule has 1 unspecified atom stereocenters. The standard InChI is InChI=1S/C21H27ClN2O4S/c1-5-6-13-24(4)29(26,27)19-10-8-18(9-11-19)23-21(25)16(3)28-20-12-7-17(22)14-15(20)2/h7-12,14,16H,5-6,13H2,1-4H3,(H,23,25). The Labute approximate surface area is 177 Å². The van der Waals surface area contributed by atoms with Crippen molar-refractivity contribution in [2.75, 3.05) is 18.9 Å². The Balaban J connectivity index is 2.02. The summed E-state index contributed by atoms with van der Waals surface area (Å²) < 4.78 is 32.1. The van der Waals surface area contributed by atoms with E-state index in [0.717, 1.165) is 18.4 Å². The smallest absolute Gasteiger partial charge is 0.265 e. The topological polar surface area (TPSA) is 75.7 Å². The number of hydrogen-bond acceptors (Lipinski definition) is 4. The number of ether oxygens (including phenoxy) is 1. The molecule has 0 saturated heterocycles. The molecule has 0 spiro atoms. The second-order valence-corrected chi connectivity index (χ2v) is 9.34. The highest BCUT2D eigenvalue weighted by atomic mass is 35.5. The van der Waals surface area contributed by atoms with Crippen LogP contribution in [0.5, 0.6) is 5.75 Å². The second-order valence-electron chi connectivity index (χ2n) is 6.86. The molecule has 0 fully saturated rings. The summed E-state index contributed by atoms with van der Waals surface area (Å²) in [6, 6.07) is 11.3. The number of carbonyl (C=O) groups excluding carboxylic acids is 1. The van der Waals surface area contributed by atoms with E-state index in [0.29, 0.717) is 23.0 Å². The van der Waals surface area contributed by atoms with E-state index in [2.05, 4.69) is 5.32 Å². The average molecular weight is 439 g/mol. The van der Waals surface area contributed by atoms with Crippen molar-refractivity contribution in [3.05, 3.63) is 53.1 Å². The summed E-state index contributed by atoms with van der Waals surface area (Å²) in [4.78, 5) is 12.6. The maximum Gasteiger partial charge on any atom is 0.265 e. The Morgan fingerprint density at radius 2 is 1.86 bits per heavy atom. The number of nitrogens with zero attached hydrogens (tertiary/aromatic N) is 1. The number of aryl methyl sites for hydroxylation is 1. The molecule has 0 heterocycles. The van der Waals surface area contributed by atoms with Crippen LogP contribution in [-0.2, 0) is 14.8 Å². The summed E-state index contributed by atoms with van der Waals surface area (Å²) in [5.74, 6) is 0.239. The van der Waals surface area contributed by atoms with Crippen LogP contribution >= 0.6 is 11.6 Å². The van der Waals surface area contributed by atoms with E-state index in [-0.39, 0.29) is 10.8 Å². The molecule has 29 heavy (non-hydrogen) atoms. The SMILES string of the molecule is CCCCN(C)S(=O)(=O)c1ccc(NC(=O)C(C)Oc2ccc(Cl)cc2C)cc1. The Morgan fingerprint density at radius 3 is 2.45 bits per heavy atom. The summed E-state index contributed by atoms with van der Waals surface area (Å²) in [5, 5.41) is 3.34. The van der Waals surface area contributed by atoms with Gasteiger partial charge in [-0.1, -0.05) is 24.9 Å². The van der Waals surface area contributed by atoms with Crippen LogP contribution in [0.15, 0.2) is 47.4 Å². The van der Waals surface area contributed by atoms with Crippen molar-refractivity contribution < 1.29 is 17.9 Å². The van der Waals surface area contributed by atoms with E-state index >= 15 is 0 Å². The number of unbranched alkanes of at least 4 members (excludes halogenated alkanes) is 1. The van der Waals surface area contributed by atoms with Crippen molar-refractivity contribution >= 4 is 33.2 Å². The fraction of sp³-hybridized carbons (Fsp3) is 0.381. The van der Waals surface area contributed by atoms with Gasteiger partial charge < -0.3 is 10.1 Å². The third kappa shape index (κ3) is 6.19. The Bertz CT molecular complexity index is 946. The van der Waals surface area contributed by atoms with E-state index < -0.39 is 16.1 Å². The van der Waals surface area contributed by atoms with Crippen LogP contribution < -0.4 is 10.1 Å². The molecule has 1 N–H and O–H groups in total. The molecular weight excluding hydrogens is 412 g/mol. The monoisotopic (exact) mass is 438 g/mol. The predicted molar refractivity (Wildman–Crippen MR) is 116 cm³/mol. The molecule has 1 amide bonds. The molecule has 158 valence electrons. The maximum atomic E-state index is 12.5. The molecule has 0 radical (unpaired) electrons. The van der Waals surface area contributed by atoms with Crippen LogP contribution in [0.4, 0.5) is 5.69 Å². The van der Waals surface area contributed by atoms with Crippen LogP contribution in [0.2, 0.25) is 5.02 Å². The molecular formula is C21H27ClN2O4S. The largest absolute Gasteiger partial charge is 0.481 e. The van der Waals surface area contributed by atoms with Crippen molar-refractivity contribution in [3.63, 3.8) is 0 Å². The zero-order valence-electron chi connectivity index (χ0n) is 17.1. The third-order valence-corrected chi connectivity index (χ3v) is 6.57. The number of halogens is 1. The Kier molecular flexibility index (Phi) is 8.07. The number of nitrogens with one attached hydrogen (secondary N) is 1. The molecule has 0 aromatic heterocycles. The molecule has 0 saturated carbocycles. The van der Waals surface area contributed by atoms with Gasteiger partial charge in [0.05, 0.1) is 4.90 Å². The second kappa shape index (κ2) is 10.1. The maximum absolute atomic E-state index is 12.5. The number of sulfonamides is 1. The quantitative estimate of drug-likeness (QED) is 0.626. The van der Waals surface area contributed by atoms with E-state index in [9.17, 15) is 13.2 Å². The van der Waals surface area contributed by atoms with Crippen molar-refractivity contribution in [2.45, 2.75) is 44.6 Å². The third-order valence-electron chi connectivity index (χ3n) is 4.47. The lowest BCUT2D eigenvalue weighted by atomic mass is 10.2. The minimum absolute atomic E-state index is 0.190. The van der Waals surface area contributed by atoms with Gasteiger partial charge in [-0.2, -0.15) is 0 Å². The molecule has 2 aromatic rings. The van der Waals surface area contributed by atoms with Gasteiger partial charge in [0.2, 0.25) is 10.0 Å². The van der Waals surface area contributed by atoms with Gasteiger partial charge in [0, 0.05) is 24.3 Å². The summed E-state index contributed by atoms with van der Waals surface area (Å²) in [7, 11) is -1.97. The first kappa shape index (κ1) is 23.2. The van der Waals surface area contributed by atoms with Gasteiger partial charge in [0.15, 0.2) is 6.10 Å². The summed E-state index contributed by atoms with van der Waals surface area (Å²) in [6.07, 6.45) is 0.980. The number of hydrogen-bond donors (Lipinski definition) is 1. The number of carbonyl (C=O) groups is 1. The fourth-order valence-corrected chi connectivity index (χ4v) is 4.06. The number of benzene rings is 2. The molecule has 6 nitrogen and oxygen atoms in total. The van der Waals surface area contributed by atoms with Gasteiger partial charge in [0.1, 0.15) is 5.75 Å². The molecule has 2 aromatic carbocycles. The van der Waals surface area contributed by atoms with Gasteiger partial charge in [0.25, 0.3) is 5.91 Å². The highest BCUT2D eigenvalue weighted by Crippen LogP contribution is 2.23. The highest BCUT2D eigenvalue weighted by Gasteiger charge is 2.21. The van der Waals surface area contributed by atoms with Crippen LogP contribution in [0, 0.1) is 6.92 Å². The Hall–Kier alpha value is -2.09. The highest BCUT2D eigenvalue weighted by molar-refractivity contribution is 7.89. The van der Waals surface area contributed by atoms with Gasteiger partial charge in [-0.05, 0) is 68.3 Å². The molecule has 0 aliphatic heterocycles. The first-order chi connectivity index (χ1) is 13.6. The molecule has 2 rings (SSSR count). The van der Waals surface area contributed by atoms with Crippen LogP contribution in [0.3, 0.4) is 0 Å². The van der Waals surface area contributed by atoms with Crippen LogP contribution in [0.25, 0.3) is 0 Å². The predicted octanol–water partition coefficient (Wildman–Crippen LogP) is 4.48.